The molecule has 0 saturated carbocycles. The average Bonchev–Trinajstić information content (AvgIpc) is 2.84. The van der Waals surface area contributed by atoms with Crippen LogP contribution < -0.4 is 0 Å². The number of aryl methyl sites for hydroxylation is 1. The van der Waals surface area contributed by atoms with Gasteiger partial charge in [-0.25, -0.2) is 4.79 Å². The Morgan fingerprint density at radius 2 is 1.92 bits per heavy atom. The molecule has 0 radical (unpaired) electrons. The Labute approximate surface area is 146 Å². The predicted octanol–water partition coefficient (Wildman–Crippen LogP) is 5.45. The molecule has 1 heterocycles. The second kappa shape index (κ2) is 5.95. The van der Waals surface area contributed by atoms with Gasteiger partial charge in [0.2, 0.25) is 0 Å². The largest absolute Gasteiger partial charge is 0.442 e. The zero-order chi connectivity index (χ0) is 17.5. The average molecular weight is 343 g/mol. The van der Waals surface area contributed by atoms with Gasteiger partial charge in [-0.2, -0.15) is 9.78 Å². The fourth-order valence-corrected chi connectivity index (χ4v) is 2.72. The van der Waals surface area contributed by atoms with E-state index in [-0.39, 0.29) is 0 Å². The molecule has 2 aromatic carbocycles. The third-order valence-electron chi connectivity index (χ3n) is 3.50. The summed E-state index contributed by atoms with van der Waals surface area (Å²) in [6.45, 7) is 7.50. The van der Waals surface area contributed by atoms with Gasteiger partial charge < -0.3 is 4.74 Å². The number of hydrogen-bond donors (Lipinski definition) is 0. The summed E-state index contributed by atoms with van der Waals surface area (Å²) in [5.74, 6) is 0. The van der Waals surface area contributed by atoms with Crippen molar-refractivity contribution in [3.05, 3.63) is 53.1 Å². The van der Waals surface area contributed by atoms with Gasteiger partial charge >= 0.3 is 6.09 Å². The molecule has 0 saturated heterocycles. The number of fused-ring (bicyclic) bond motifs is 1. The molecule has 3 aromatic rings. The molecular weight excluding hydrogens is 324 g/mol. The Bertz CT molecular complexity index is 923. The van der Waals surface area contributed by atoms with Crippen LogP contribution in [0.25, 0.3) is 22.2 Å². The van der Waals surface area contributed by atoms with Gasteiger partial charge in [0.15, 0.2) is 0 Å². The van der Waals surface area contributed by atoms with E-state index >= 15 is 0 Å². The molecule has 0 unspecified atom stereocenters. The maximum absolute atomic E-state index is 12.5. The topological polar surface area (TPSA) is 44.1 Å². The zero-order valence-corrected chi connectivity index (χ0v) is 14.9. The molecule has 4 nitrogen and oxygen atoms in total. The highest BCUT2D eigenvalue weighted by molar-refractivity contribution is 6.30. The van der Waals surface area contributed by atoms with E-state index < -0.39 is 11.7 Å². The summed E-state index contributed by atoms with van der Waals surface area (Å²) in [6.07, 6.45) is -0.496. The molecular formula is C19H19ClN2O2. The van der Waals surface area contributed by atoms with Crippen LogP contribution in [0.5, 0.6) is 0 Å². The molecule has 3 rings (SSSR count). The highest BCUT2D eigenvalue weighted by Crippen LogP contribution is 2.30. The molecule has 0 aliphatic rings. The minimum atomic E-state index is -0.587. The Hall–Kier alpha value is -2.33. The molecule has 0 N–H and O–H groups in total. The first-order chi connectivity index (χ1) is 11.2. The van der Waals surface area contributed by atoms with Crippen molar-refractivity contribution in [2.75, 3.05) is 0 Å². The quantitative estimate of drug-likeness (QED) is 0.590. The number of carbonyl (C=O) groups is 1. The number of aromatic nitrogens is 2. The van der Waals surface area contributed by atoms with Crippen LogP contribution in [0, 0.1) is 6.92 Å². The van der Waals surface area contributed by atoms with Crippen molar-refractivity contribution < 1.29 is 9.53 Å². The second-order valence-electron chi connectivity index (χ2n) is 6.77. The molecule has 0 amide bonds. The molecule has 0 fully saturated rings. The van der Waals surface area contributed by atoms with E-state index in [2.05, 4.69) is 5.10 Å². The van der Waals surface area contributed by atoms with Gasteiger partial charge in [-0.15, -0.1) is 0 Å². The summed E-state index contributed by atoms with van der Waals surface area (Å²) < 4.78 is 6.79. The van der Waals surface area contributed by atoms with E-state index in [0.29, 0.717) is 16.2 Å². The van der Waals surface area contributed by atoms with Crippen LogP contribution in [0.3, 0.4) is 0 Å². The first-order valence-electron chi connectivity index (χ1n) is 7.73. The summed E-state index contributed by atoms with van der Waals surface area (Å²) in [4.78, 5) is 12.5. The van der Waals surface area contributed by atoms with E-state index in [1.165, 1.54) is 4.68 Å². The number of rotatable bonds is 1. The summed E-state index contributed by atoms with van der Waals surface area (Å²) >= 11 is 6.11. The Balaban J connectivity index is 2.20. The number of ether oxygens (including phenoxy) is 1. The Kier molecular flexibility index (Phi) is 4.10. The fourth-order valence-electron chi connectivity index (χ4n) is 2.53. The van der Waals surface area contributed by atoms with E-state index in [9.17, 15) is 4.79 Å². The zero-order valence-electron chi connectivity index (χ0n) is 14.1. The molecule has 1 aromatic heterocycles. The van der Waals surface area contributed by atoms with Crippen molar-refractivity contribution in [3.63, 3.8) is 0 Å². The van der Waals surface area contributed by atoms with Gasteiger partial charge in [0.1, 0.15) is 11.3 Å². The third-order valence-corrected chi connectivity index (χ3v) is 3.73. The van der Waals surface area contributed by atoms with E-state index in [4.69, 9.17) is 16.3 Å². The van der Waals surface area contributed by atoms with Crippen LogP contribution >= 0.6 is 11.6 Å². The molecule has 0 atom stereocenters. The Morgan fingerprint density at radius 1 is 1.17 bits per heavy atom. The van der Waals surface area contributed by atoms with Crippen molar-refractivity contribution in [1.82, 2.24) is 9.78 Å². The monoisotopic (exact) mass is 342 g/mol. The smallest absolute Gasteiger partial charge is 0.435 e. The van der Waals surface area contributed by atoms with Gasteiger partial charge in [-0.05, 0) is 52.0 Å². The molecule has 5 heteroatoms. The highest BCUT2D eigenvalue weighted by Gasteiger charge is 2.22. The van der Waals surface area contributed by atoms with Crippen molar-refractivity contribution >= 4 is 28.6 Å². The van der Waals surface area contributed by atoms with Gasteiger partial charge in [0, 0.05) is 16.0 Å². The SMILES string of the molecule is Cc1ccc2c(c1)c(-c1cccc(Cl)c1)nn2C(=O)OC(C)(C)C. The number of halogens is 1. The van der Waals surface area contributed by atoms with Crippen molar-refractivity contribution in [3.8, 4) is 11.3 Å². The van der Waals surface area contributed by atoms with Crippen LogP contribution in [0.15, 0.2) is 42.5 Å². The Morgan fingerprint density at radius 3 is 2.58 bits per heavy atom. The van der Waals surface area contributed by atoms with Crippen LogP contribution in [-0.4, -0.2) is 21.5 Å². The predicted molar refractivity (Wildman–Crippen MR) is 96.5 cm³/mol. The number of nitrogens with zero attached hydrogens (tertiary/aromatic N) is 2. The third kappa shape index (κ3) is 3.29. The minimum absolute atomic E-state index is 0.496. The lowest BCUT2D eigenvalue weighted by Gasteiger charge is -2.19. The van der Waals surface area contributed by atoms with Gasteiger partial charge in [0.25, 0.3) is 0 Å². The molecule has 0 aliphatic heterocycles. The van der Waals surface area contributed by atoms with E-state index in [1.54, 1.807) is 0 Å². The standard InChI is InChI=1S/C19H19ClN2O2/c1-12-8-9-16-15(10-12)17(13-6-5-7-14(20)11-13)21-22(16)18(23)24-19(2,3)4/h5-11H,1-4H3. The summed E-state index contributed by atoms with van der Waals surface area (Å²) in [5.41, 5.74) is 2.79. The first-order valence-corrected chi connectivity index (χ1v) is 8.11. The molecule has 124 valence electrons. The second-order valence-corrected chi connectivity index (χ2v) is 7.21. The lowest BCUT2D eigenvalue weighted by molar-refractivity contribution is 0.0523. The van der Waals surface area contributed by atoms with Crippen LogP contribution in [0.1, 0.15) is 26.3 Å². The molecule has 0 bridgehead atoms. The van der Waals surface area contributed by atoms with Gasteiger partial charge in [0.05, 0.1) is 5.52 Å². The minimum Gasteiger partial charge on any atom is -0.442 e. The van der Waals surface area contributed by atoms with E-state index in [1.807, 2.05) is 70.2 Å². The lowest BCUT2D eigenvalue weighted by atomic mass is 10.1. The van der Waals surface area contributed by atoms with E-state index in [0.717, 1.165) is 16.5 Å². The fraction of sp³-hybridized carbons (Fsp3) is 0.263. The van der Waals surface area contributed by atoms with Crippen molar-refractivity contribution in [2.45, 2.75) is 33.3 Å². The maximum atomic E-state index is 12.5. The number of benzene rings is 2. The number of carbonyl (C=O) groups excluding carboxylic acids is 1. The summed E-state index contributed by atoms with van der Waals surface area (Å²) in [6, 6.07) is 13.3. The molecule has 24 heavy (non-hydrogen) atoms. The van der Waals surface area contributed by atoms with Crippen molar-refractivity contribution in [1.29, 1.82) is 0 Å². The van der Waals surface area contributed by atoms with Crippen molar-refractivity contribution in [2.24, 2.45) is 0 Å². The van der Waals surface area contributed by atoms with Gasteiger partial charge in [-0.1, -0.05) is 35.4 Å². The van der Waals surface area contributed by atoms with Crippen LogP contribution in [-0.2, 0) is 4.74 Å². The van der Waals surface area contributed by atoms with Crippen LogP contribution in [0.4, 0.5) is 4.79 Å². The normalized spacial score (nSPS) is 11.7. The first kappa shape index (κ1) is 16.5. The number of hydrogen-bond acceptors (Lipinski definition) is 3. The van der Waals surface area contributed by atoms with Crippen LogP contribution in [0.2, 0.25) is 5.02 Å². The molecule has 0 spiro atoms. The maximum Gasteiger partial charge on any atom is 0.435 e. The summed E-state index contributed by atoms with van der Waals surface area (Å²) in [5, 5.41) is 6.03. The summed E-state index contributed by atoms with van der Waals surface area (Å²) in [7, 11) is 0. The molecule has 0 aliphatic carbocycles. The highest BCUT2D eigenvalue weighted by atomic mass is 35.5. The van der Waals surface area contributed by atoms with Gasteiger partial charge in [-0.3, -0.25) is 0 Å². The lowest BCUT2D eigenvalue weighted by Crippen LogP contribution is -2.27.